The van der Waals surface area contributed by atoms with Crippen LogP contribution in [-0.2, 0) is 14.4 Å². The van der Waals surface area contributed by atoms with Crippen molar-refractivity contribution in [3.05, 3.63) is 0 Å². The van der Waals surface area contributed by atoms with Crippen molar-refractivity contribution in [3.8, 4) is 0 Å². The highest BCUT2D eigenvalue weighted by Gasteiger charge is 2.36. The number of thiol groups is 1. The molecule has 5 nitrogen and oxygen atoms in total. The molecule has 0 aliphatic carbocycles. The molecule has 1 fully saturated rings. The minimum absolute atomic E-state index is 0.0584. The van der Waals surface area contributed by atoms with E-state index in [1.165, 1.54) is 4.90 Å². The van der Waals surface area contributed by atoms with E-state index in [0.29, 0.717) is 0 Å². The van der Waals surface area contributed by atoms with Crippen LogP contribution < -0.4 is 5.32 Å². The molecule has 1 heterocycles. The van der Waals surface area contributed by atoms with Crippen LogP contribution in [0.2, 0.25) is 0 Å². The molecule has 1 aliphatic heterocycles. The van der Waals surface area contributed by atoms with E-state index in [0.717, 1.165) is 0 Å². The van der Waals surface area contributed by atoms with Crippen molar-refractivity contribution in [2.24, 2.45) is 5.92 Å². The van der Waals surface area contributed by atoms with Gasteiger partial charge in [-0.15, -0.1) is 0 Å². The summed E-state index contributed by atoms with van der Waals surface area (Å²) in [5, 5.41) is 1.70. The Hall–Kier alpha value is -1.04. The van der Waals surface area contributed by atoms with Gasteiger partial charge in [0.2, 0.25) is 17.7 Å². The van der Waals surface area contributed by atoms with Crippen molar-refractivity contribution < 1.29 is 14.4 Å². The van der Waals surface area contributed by atoms with Crippen LogP contribution in [0.1, 0.15) is 20.8 Å². The molecule has 0 spiro atoms. The summed E-state index contributed by atoms with van der Waals surface area (Å²) in [5.41, 5.74) is 0. The lowest BCUT2D eigenvalue weighted by Crippen LogP contribution is -2.60. The van der Waals surface area contributed by atoms with Gasteiger partial charge in [-0.3, -0.25) is 19.7 Å². The Bertz CT molecular complexity index is 330. The Morgan fingerprint density at radius 2 is 2.06 bits per heavy atom. The van der Waals surface area contributed by atoms with E-state index in [2.05, 4.69) is 17.9 Å². The largest absolute Gasteiger partial charge is 0.321 e. The fraction of sp³-hybridized carbons (Fsp3) is 0.700. The number of hydrogen-bond donors (Lipinski definition) is 2. The van der Waals surface area contributed by atoms with Gasteiger partial charge in [0.1, 0.15) is 12.6 Å². The smallest absolute Gasteiger partial charge is 0.249 e. The van der Waals surface area contributed by atoms with E-state index in [9.17, 15) is 14.4 Å². The molecule has 6 heteroatoms. The van der Waals surface area contributed by atoms with Crippen LogP contribution >= 0.6 is 12.6 Å². The molecule has 1 rings (SSSR count). The zero-order valence-electron chi connectivity index (χ0n) is 9.56. The molecule has 1 aliphatic rings. The van der Waals surface area contributed by atoms with Crippen molar-refractivity contribution in [2.75, 3.05) is 6.54 Å². The third-order valence-electron chi connectivity index (χ3n) is 2.59. The van der Waals surface area contributed by atoms with Crippen LogP contribution in [0.5, 0.6) is 0 Å². The van der Waals surface area contributed by atoms with Gasteiger partial charge < -0.3 is 4.90 Å². The van der Waals surface area contributed by atoms with Gasteiger partial charge >= 0.3 is 0 Å². The molecule has 0 aromatic heterocycles. The summed E-state index contributed by atoms with van der Waals surface area (Å²) in [5.74, 6) is -1.09. The molecule has 16 heavy (non-hydrogen) atoms. The first kappa shape index (κ1) is 13.0. The topological polar surface area (TPSA) is 66.5 Å². The van der Waals surface area contributed by atoms with Crippen LogP contribution in [0.3, 0.4) is 0 Å². The second-order valence-corrected chi connectivity index (χ2v) is 4.80. The van der Waals surface area contributed by atoms with E-state index >= 15 is 0 Å². The summed E-state index contributed by atoms with van der Waals surface area (Å²) in [4.78, 5) is 35.8. The number of imide groups is 1. The molecule has 2 atom stereocenters. The van der Waals surface area contributed by atoms with Crippen LogP contribution in [0.15, 0.2) is 0 Å². The summed E-state index contributed by atoms with van der Waals surface area (Å²) in [6, 6.07) is -0.612. The molecular formula is C10H16N2O3S. The van der Waals surface area contributed by atoms with E-state index in [-0.39, 0.29) is 18.4 Å². The lowest BCUT2D eigenvalue weighted by Gasteiger charge is -2.34. The molecule has 90 valence electrons. The number of carbonyl (C=O) groups is 3. The van der Waals surface area contributed by atoms with Crippen molar-refractivity contribution in [3.63, 3.8) is 0 Å². The fourth-order valence-electron chi connectivity index (χ4n) is 1.44. The number of piperazine rings is 1. The molecule has 1 N–H and O–H groups in total. The molecule has 3 amide bonds. The van der Waals surface area contributed by atoms with Crippen molar-refractivity contribution in [1.82, 2.24) is 10.2 Å². The Morgan fingerprint density at radius 3 is 2.56 bits per heavy atom. The Kier molecular flexibility index (Phi) is 3.96. The highest BCUT2D eigenvalue weighted by Crippen LogP contribution is 2.15. The molecule has 2 unspecified atom stereocenters. The number of nitrogens with zero attached hydrogens (tertiary/aromatic N) is 1. The number of carbonyl (C=O) groups excluding carboxylic acids is 3. The van der Waals surface area contributed by atoms with Gasteiger partial charge in [0.25, 0.3) is 0 Å². The minimum atomic E-state index is -0.612. The van der Waals surface area contributed by atoms with Gasteiger partial charge in [-0.25, -0.2) is 0 Å². The quantitative estimate of drug-likeness (QED) is 0.523. The van der Waals surface area contributed by atoms with Crippen molar-refractivity contribution in [1.29, 1.82) is 0 Å². The van der Waals surface area contributed by atoms with Gasteiger partial charge in [0.05, 0.1) is 5.25 Å². The third-order valence-corrected chi connectivity index (χ3v) is 3.41. The second kappa shape index (κ2) is 4.86. The SMILES string of the molecule is CC(C)C(S)C(=O)N1CC(=O)NC(=O)C1C. The molecule has 0 saturated carbocycles. The summed E-state index contributed by atoms with van der Waals surface area (Å²) in [6.07, 6.45) is 0. The van der Waals surface area contributed by atoms with Crippen molar-refractivity contribution in [2.45, 2.75) is 32.1 Å². The Balaban J connectivity index is 2.82. The normalized spacial score (nSPS) is 23.3. The first-order valence-electron chi connectivity index (χ1n) is 5.16. The number of rotatable bonds is 2. The maximum atomic E-state index is 12.0. The zero-order valence-corrected chi connectivity index (χ0v) is 10.5. The van der Waals surface area contributed by atoms with Gasteiger partial charge in [-0.1, -0.05) is 13.8 Å². The highest BCUT2D eigenvalue weighted by atomic mass is 32.1. The Morgan fingerprint density at radius 1 is 1.50 bits per heavy atom. The summed E-state index contributed by atoms with van der Waals surface area (Å²) < 4.78 is 0. The standard InChI is InChI=1S/C10H16N2O3S/c1-5(2)8(16)10(15)12-4-7(13)11-9(14)6(12)3/h5-6,8,16H,4H2,1-3H3,(H,11,13,14). The monoisotopic (exact) mass is 244 g/mol. The van der Waals surface area contributed by atoms with Gasteiger partial charge in [-0.2, -0.15) is 12.6 Å². The predicted octanol–water partition coefficient (Wildman–Crippen LogP) is -0.186. The van der Waals surface area contributed by atoms with Gasteiger partial charge in [0, 0.05) is 0 Å². The summed E-state index contributed by atoms with van der Waals surface area (Å²) >= 11 is 4.20. The first-order valence-corrected chi connectivity index (χ1v) is 5.68. The van der Waals surface area contributed by atoms with Crippen molar-refractivity contribution >= 4 is 30.4 Å². The third kappa shape index (κ3) is 2.55. The molecule has 0 aromatic carbocycles. The molecular weight excluding hydrogens is 228 g/mol. The minimum Gasteiger partial charge on any atom is -0.321 e. The molecule has 0 aromatic rings. The van der Waals surface area contributed by atoms with E-state index in [4.69, 9.17) is 0 Å². The first-order chi connectivity index (χ1) is 7.34. The highest BCUT2D eigenvalue weighted by molar-refractivity contribution is 7.81. The van der Waals surface area contributed by atoms with Gasteiger partial charge in [-0.05, 0) is 12.8 Å². The van der Waals surface area contributed by atoms with E-state index < -0.39 is 23.1 Å². The van der Waals surface area contributed by atoms with E-state index in [1.54, 1.807) is 6.92 Å². The lowest BCUT2D eigenvalue weighted by atomic mass is 10.1. The van der Waals surface area contributed by atoms with E-state index in [1.807, 2.05) is 13.8 Å². The number of amides is 3. The number of nitrogens with one attached hydrogen (secondary N) is 1. The van der Waals surface area contributed by atoms with Crippen LogP contribution in [0, 0.1) is 5.92 Å². The zero-order chi connectivity index (χ0) is 12.5. The van der Waals surface area contributed by atoms with Gasteiger partial charge in [0.15, 0.2) is 0 Å². The molecule has 1 saturated heterocycles. The predicted molar refractivity (Wildman–Crippen MR) is 61.9 cm³/mol. The summed E-state index contributed by atoms with van der Waals surface area (Å²) in [6.45, 7) is 5.26. The maximum Gasteiger partial charge on any atom is 0.249 e. The van der Waals surface area contributed by atoms with Crippen LogP contribution in [0.25, 0.3) is 0 Å². The lowest BCUT2D eigenvalue weighted by molar-refractivity contribution is -0.149. The molecule has 0 bridgehead atoms. The average molecular weight is 244 g/mol. The fourth-order valence-corrected chi connectivity index (χ4v) is 1.59. The second-order valence-electron chi connectivity index (χ2n) is 4.24. The van der Waals surface area contributed by atoms with Crippen LogP contribution in [-0.4, -0.2) is 40.5 Å². The average Bonchev–Trinajstić information content (AvgIpc) is 2.21. The molecule has 0 radical (unpaired) electrons. The Labute approximate surface area is 100.0 Å². The maximum absolute atomic E-state index is 12.0. The summed E-state index contributed by atoms with van der Waals surface area (Å²) in [7, 11) is 0. The van der Waals surface area contributed by atoms with Crippen LogP contribution in [0.4, 0.5) is 0 Å². The number of hydrogen-bond acceptors (Lipinski definition) is 4.